The second-order valence-corrected chi connectivity index (χ2v) is 5.85. The lowest BCUT2D eigenvalue weighted by Gasteiger charge is -2.38. The van der Waals surface area contributed by atoms with Crippen LogP contribution >= 0.6 is 0 Å². The highest BCUT2D eigenvalue weighted by Gasteiger charge is 2.32. The zero-order valence-corrected chi connectivity index (χ0v) is 11.6. The van der Waals surface area contributed by atoms with Gasteiger partial charge in [0.25, 0.3) is 0 Å². The molecule has 1 fully saturated rings. The van der Waals surface area contributed by atoms with Crippen LogP contribution in [0, 0.1) is 5.41 Å². The van der Waals surface area contributed by atoms with Gasteiger partial charge in [0, 0.05) is 38.0 Å². The predicted octanol–water partition coefficient (Wildman–Crippen LogP) is 1.79. The minimum atomic E-state index is 0.123. The number of hydrogen-bond donors (Lipinski definition) is 1. The number of imidazole rings is 1. The maximum Gasteiger partial charge on any atom is 0.122 e. The highest BCUT2D eigenvalue weighted by molar-refractivity contribution is 4.92. The largest absolute Gasteiger partial charge is 0.396 e. The summed E-state index contributed by atoms with van der Waals surface area (Å²) in [5.74, 6) is 1.08. The van der Waals surface area contributed by atoms with Gasteiger partial charge in [0.15, 0.2) is 0 Å². The lowest BCUT2D eigenvalue weighted by Crippen LogP contribution is -2.40. The number of rotatable bonds is 5. The third kappa shape index (κ3) is 3.12. The molecule has 0 spiro atoms. The molecule has 1 heterocycles. The molecule has 0 atom stereocenters. The Labute approximate surface area is 110 Å². The molecular weight excluding hydrogens is 226 g/mol. The van der Waals surface area contributed by atoms with Crippen LogP contribution in [0.2, 0.25) is 0 Å². The van der Waals surface area contributed by atoms with Crippen molar-refractivity contribution in [1.82, 2.24) is 14.5 Å². The molecule has 2 rings (SSSR count). The summed E-state index contributed by atoms with van der Waals surface area (Å²) >= 11 is 0. The summed E-state index contributed by atoms with van der Waals surface area (Å²) in [7, 11) is 4.15. The first kappa shape index (κ1) is 13.6. The van der Waals surface area contributed by atoms with Crippen LogP contribution in [-0.4, -0.2) is 39.8 Å². The summed E-state index contributed by atoms with van der Waals surface area (Å²) in [5.41, 5.74) is 0.123. The van der Waals surface area contributed by atoms with Crippen molar-refractivity contribution in [2.24, 2.45) is 12.5 Å². The third-order valence-electron chi connectivity index (χ3n) is 4.19. The Hall–Kier alpha value is -0.870. The Kier molecular flexibility index (Phi) is 4.40. The molecule has 1 N–H and O–H groups in total. The van der Waals surface area contributed by atoms with Crippen molar-refractivity contribution < 1.29 is 5.11 Å². The predicted molar refractivity (Wildman–Crippen MR) is 72.1 cm³/mol. The zero-order chi connectivity index (χ0) is 13.0. The Morgan fingerprint density at radius 3 is 2.67 bits per heavy atom. The van der Waals surface area contributed by atoms with Crippen molar-refractivity contribution in [3.8, 4) is 0 Å². The molecule has 0 aromatic carbocycles. The average molecular weight is 251 g/mol. The fourth-order valence-corrected chi connectivity index (χ4v) is 3.09. The van der Waals surface area contributed by atoms with Crippen LogP contribution in [0.3, 0.4) is 0 Å². The van der Waals surface area contributed by atoms with Gasteiger partial charge in [-0.05, 0) is 19.9 Å². The topological polar surface area (TPSA) is 41.3 Å². The van der Waals surface area contributed by atoms with Crippen molar-refractivity contribution in [2.75, 3.05) is 20.2 Å². The molecule has 1 aliphatic rings. The third-order valence-corrected chi connectivity index (χ3v) is 4.19. The van der Waals surface area contributed by atoms with Crippen LogP contribution in [0.5, 0.6) is 0 Å². The number of aryl methyl sites for hydroxylation is 1. The van der Waals surface area contributed by atoms with E-state index in [1.165, 1.54) is 19.3 Å². The van der Waals surface area contributed by atoms with E-state index in [0.717, 1.165) is 31.8 Å². The molecule has 0 saturated heterocycles. The highest BCUT2D eigenvalue weighted by atomic mass is 16.3. The second-order valence-electron chi connectivity index (χ2n) is 5.85. The molecule has 4 nitrogen and oxygen atoms in total. The monoisotopic (exact) mass is 251 g/mol. The Bertz CT molecular complexity index is 369. The van der Waals surface area contributed by atoms with E-state index < -0.39 is 0 Å². The van der Waals surface area contributed by atoms with Gasteiger partial charge in [-0.25, -0.2) is 4.98 Å². The van der Waals surface area contributed by atoms with E-state index in [1.807, 2.05) is 19.4 Å². The van der Waals surface area contributed by atoms with E-state index in [9.17, 15) is 5.11 Å². The van der Waals surface area contributed by atoms with Gasteiger partial charge in [0.05, 0.1) is 6.54 Å². The summed E-state index contributed by atoms with van der Waals surface area (Å²) in [4.78, 5) is 6.65. The van der Waals surface area contributed by atoms with Gasteiger partial charge in [-0.15, -0.1) is 0 Å². The van der Waals surface area contributed by atoms with Crippen LogP contribution in [-0.2, 0) is 13.6 Å². The molecule has 0 unspecified atom stereocenters. The smallest absolute Gasteiger partial charge is 0.122 e. The molecule has 0 bridgehead atoms. The molecular formula is C14H25N3O. The Balaban J connectivity index is 1.93. The van der Waals surface area contributed by atoms with Crippen LogP contribution < -0.4 is 0 Å². The van der Waals surface area contributed by atoms with Gasteiger partial charge in [0.1, 0.15) is 5.82 Å². The van der Waals surface area contributed by atoms with E-state index in [0.29, 0.717) is 6.61 Å². The highest BCUT2D eigenvalue weighted by Crippen LogP contribution is 2.36. The SMILES string of the molecule is CN(Cc1nccn1C)CC1(CO)CCCCC1. The van der Waals surface area contributed by atoms with Crippen molar-refractivity contribution in [2.45, 2.75) is 38.6 Å². The first-order valence-corrected chi connectivity index (χ1v) is 6.91. The summed E-state index contributed by atoms with van der Waals surface area (Å²) in [6.45, 7) is 2.14. The van der Waals surface area contributed by atoms with Crippen molar-refractivity contribution in [3.63, 3.8) is 0 Å². The average Bonchev–Trinajstić information content (AvgIpc) is 2.76. The van der Waals surface area contributed by atoms with Gasteiger partial charge in [-0.1, -0.05) is 19.3 Å². The molecule has 0 aliphatic heterocycles. The van der Waals surface area contributed by atoms with Gasteiger partial charge < -0.3 is 9.67 Å². The van der Waals surface area contributed by atoms with Gasteiger partial charge in [-0.2, -0.15) is 0 Å². The Morgan fingerprint density at radius 2 is 2.11 bits per heavy atom. The minimum absolute atomic E-state index is 0.123. The fourth-order valence-electron chi connectivity index (χ4n) is 3.09. The first-order chi connectivity index (χ1) is 8.65. The van der Waals surface area contributed by atoms with Crippen molar-refractivity contribution >= 4 is 0 Å². The van der Waals surface area contributed by atoms with Crippen LogP contribution in [0.25, 0.3) is 0 Å². The Morgan fingerprint density at radius 1 is 1.39 bits per heavy atom. The summed E-state index contributed by atoms with van der Waals surface area (Å²) in [6, 6.07) is 0. The maximum atomic E-state index is 9.72. The van der Waals surface area contributed by atoms with E-state index in [2.05, 4.69) is 21.5 Å². The van der Waals surface area contributed by atoms with Crippen LogP contribution in [0.1, 0.15) is 37.9 Å². The molecule has 0 radical (unpaired) electrons. The number of aliphatic hydroxyl groups excluding tert-OH is 1. The summed E-state index contributed by atoms with van der Waals surface area (Å²) in [5, 5.41) is 9.72. The number of nitrogens with zero attached hydrogens (tertiary/aromatic N) is 3. The van der Waals surface area contributed by atoms with Crippen LogP contribution in [0.4, 0.5) is 0 Å². The molecule has 1 saturated carbocycles. The fraction of sp³-hybridized carbons (Fsp3) is 0.786. The van der Waals surface area contributed by atoms with Gasteiger partial charge >= 0.3 is 0 Å². The second kappa shape index (κ2) is 5.85. The number of aliphatic hydroxyl groups is 1. The van der Waals surface area contributed by atoms with E-state index in [1.54, 1.807) is 0 Å². The lowest BCUT2D eigenvalue weighted by molar-refractivity contribution is 0.0455. The van der Waals surface area contributed by atoms with E-state index >= 15 is 0 Å². The first-order valence-electron chi connectivity index (χ1n) is 6.91. The maximum absolute atomic E-state index is 9.72. The molecule has 1 aromatic rings. The number of hydrogen-bond acceptors (Lipinski definition) is 3. The van der Waals surface area contributed by atoms with E-state index in [4.69, 9.17) is 0 Å². The summed E-state index contributed by atoms with van der Waals surface area (Å²) in [6.07, 6.45) is 9.98. The minimum Gasteiger partial charge on any atom is -0.396 e. The molecule has 102 valence electrons. The normalized spacial score (nSPS) is 19.3. The van der Waals surface area contributed by atoms with Crippen molar-refractivity contribution in [3.05, 3.63) is 18.2 Å². The quantitative estimate of drug-likeness (QED) is 0.867. The van der Waals surface area contributed by atoms with Crippen molar-refractivity contribution in [1.29, 1.82) is 0 Å². The van der Waals surface area contributed by atoms with E-state index in [-0.39, 0.29) is 5.41 Å². The standard InChI is InChI=1S/C14H25N3O/c1-16(10-13-15-8-9-17(13)2)11-14(12-18)6-4-3-5-7-14/h8-9,18H,3-7,10-12H2,1-2H3. The molecule has 1 aliphatic carbocycles. The molecule has 0 amide bonds. The molecule has 1 aromatic heterocycles. The zero-order valence-electron chi connectivity index (χ0n) is 11.6. The molecule has 4 heteroatoms. The lowest BCUT2D eigenvalue weighted by atomic mass is 9.74. The van der Waals surface area contributed by atoms with Gasteiger partial charge in [-0.3, -0.25) is 4.90 Å². The van der Waals surface area contributed by atoms with Gasteiger partial charge in [0.2, 0.25) is 0 Å². The number of aromatic nitrogens is 2. The molecule has 18 heavy (non-hydrogen) atoms. The summed E-state index contributed by atoms with van der Waals surface area (Å²) < 4.78 is 2.06. The van der Waals surface area contributed by atoms with Crippen LogP contribution in [0.15, 0.2) is 12.4 Å².